The first-order valence-corrected chi connectivity index (χ1v) is 4.53. The lowest BCUT2D eigenvalue weighted by Crippen LogP contribution is -2.58. The van der Waals surface area contributed by atoms with E-state index in [0.717, 1.165) is 0 Å². The fourth-order valence-electron chi connectivity index (χ4n) is 0.982. The summed E-state index contributed by atoms with van der Waals surface area (Å²) in [6.07, 6.45) is 0. The number of carbonyl (C=O) groups excluding carboxylic acids is 2. The third-order valence-corrected chi connectivity index (χ3v) is 1.64. The average Bonchev–Trinajstić information content (AvgIpc) is 2.14. The number of rotatable bonds is 1. The molecule has 0 spiro atoms. The quantitative estimate of drug-likeness (QED) is 0.684. The van der Waals surface area contributed by atoms with E-state index in [2.05, 4.69) is 11.9 Å². The smallest absolute Gasteiger partial charge is 0.277 e. The molecule has 1 aliphatic rings. The maximum atomic E-state index is 11.0. The van der Waals surface area contributed by atoms with E-state index < -0.39 is 6.03 Å². The molecule has 1 heterocycles. The molecular weight excluding hydrogens is 182 g/mol. The second kappa shape index (κ2) is 5.26. The van der Waals surface area contributed by atoms with Gasteiger partial charge in [-0.3, -0.25) is 15.1 Å². The molecule has 1 N–H and O–H groups in total. The Balaban J connectivity index is 0.000000791. The van der Waals surface area contributed by atoms with Gasteiger partial charge >= 0.3 is 6.03 Å². The SMILES string of the molecule is C=C(C)N1CC(=O)NC(=O)N1C.CC. The Morgan fingerprint density at radius 2 is 1.93 bits per heavy atom. The molecule has 80 valence electrons. The molecule has 0 aromatic rings. The largest absolute Gasteiger partial charge is 0.342 e. The third-order valence-electron chi connectivity index (χ3n) is 1.64. The number of imide groups is 1. The minimum absolute atomic E-state index is 0.150. The topological polar surface area (TPSA) is 52.7 Å². The van der Waals surface area contributed by atoms with E-state index in [0.29, 0.717) is 5.70 Å². The van der Waals surface area contributed by atoms with Gasteiger partial charge in [0.2, 0.25) is 5.91 Å². The van der Waals surface area contributed by atoms with Crippen molar-refractivity contribution < 1.29 is 9.59 Å². The molecule has 14 heavy (non-hydrogen) atoms. The van der Waals surface area contributed by atoms with Crippen LogP contribution in [0.2, 0.25) is 0 Å². The number of hydrogen-bond acceptors (Lipinski definition) is 3. The lowest BCUT2D eigenvalue weighted by molar-refractivity contribution is -0.126. The zero-order valence-electron chi connectivity index (χ0n) is 9.13. The highest BCUT2D eigenvalue weighted by atomic mass is 16.2. The van der Waals surface area contributed by atoms with Gasteiger partial charge in [-0.15, -0.1) is 0 Å². The van der Waals surface area contributed by atoms with Gasteiger partial charge in [0.1, 0.15) is 6.54 Å². The summed E-state index contributed by atoms with van der Waals surface area (Å²) in [5, 5.41) is 5.02. The molecule has 1 rings (SSSR count). The van der Waals surface area contributed by atoms with E-state index in [4.69, 9.17) is 0 Å². The molecule has 0 saturated carbocycles. The number of nitrogens with zero attached hydrogens (tertiary/aromatic N) is 2. The second-order valence-electron chi connectivity index (χ2n) is 2.67. The fourth-order valence-corrected chi connectivity index (χ4v) is 0.982. The normalized spacial score (nSPS) is 15.7. The van der Waals surface area contributed by atoms with Crippen LogP contribution in [0.15, 0.2) is 12.3 Å². The summed E-state index contributed by atoms with van der Waals surface area (Å²) >= 11 is 0. The highest BCUT2D eigenvalue weighted by Crippen LogP contribution is 2.07. The van der Waals surface area contributed by atoms with Gasteiger partial charge in [-0.2, -0.15) is 0 Å². The number of urea groups is 1. The van der Waals surface area contributed by atoms with E-state index in [1.54, 1.807) is 14.0 Å². The molecule has 3 amide bonds. The highest BCUT2D eigenvalue weighted by molar-refractivity contribution is 5.97. The molecule has 0 unspecified atom stereocenters. The van der Waals surface area contributed by atoms with Crippen molar-refractivity contribution in [3.8, 4) is 0 Å². The Morgan fingerprint density at radius 3 is 2.36 bits per heavy atom. The Morgan fingerprint density at radius 1 is 1.43 bits per heavy atom. The minimum atomic E-state index is -0.422. The fraction of sp³-hybridized carbons (Fsp3) is 0.556. The van der Waals surface area contributed by atoms with Crippen LogP contribution in [-0.2, 0) is 4.79 Å². The van der Waals surface area contributed by atoms with Crippen LogP contribution in [0.3, 0.4) is 0 Å². The predicted molar refractivity (Wildman–Crippen MR) is 54.2 cm³/mol. The van der Waals surface area contributed by atoms with Crippen molar-refractivity contribution in [3.05, 3.63) is 12.3 Å². The van der Waals surface area contributed by atoms with Crippen LogP contribution in [0.4, 0.5) is 4.79 Å². The summed E-state index contributed by atoms with van der Waals surface area (Å²) in [6.45, 7) is 9.54. The van der Waals surface area contributed by atoms with Crippen LogP contribution < -0.4 is 5.32 Å². The standard InChI is InChI=1S/C7H11N3O2.C2H6/c1-5(2)10-4-6(11)8-7(12)9(10)3;1-2/h1,4H2,2-3H3,(H,8,11,12);1-2H3. The van der Waals surface area contributed by atoms with Gasteiger partial charge < -0.3 is 0 Å². The number of hydrogen-bond donors (Lipinski definition) is 1. The molecule has 0 aromatic heterocycles. The summed E-state index contributed by atoms with van der Waals surface area (Å²) in [7, 11) is 1.58. The lowest BCUT2D eigenvalue weighted by atomic mass is 10.4. The first-order chi connectivity index (χ1) is 6.52. The van der Waals surface area contributed by atoms with Crippen molar-refractivity contribution in [3.63, 3.8) is 0 Å². The summed E-state index contributed by atoms with van der Waals surface area (Å²) in [6, 6.07) is -0.422. The number of nitrogens with one attached hydrogen (secondary N) is 1. The van der Waals surface area contributed by atoms with Crippen molar-refractivity contribution in [2.24, 2.45) is 0 Å². The number of allylic oxidation sites excluding steroid dienone is 1. The van der Waals surface area contributed by atoms with Crippen LogP contribution >= 0.6 is 0 Å². The van der Waals surface area contributed by atoms with E-state index >= 15 is 0 Å². The van der Waals surface area contributed by atoms with Gasteiger partial charge in [-0.05, 0) is 6.92 Å². The first kappa shape index (κ1) is 12.5. The molecule has 1 fully saturated rings. The van der Waals surface area contributed by atoms with Gasteiger partial charge in [0.15, 0.2) is 0 Å². The maximum Gasteiger partial charge on any atom is 0.342 e. The molecule has 1 saturated heterocycles. The number of amides is 3. The molecule has 0 bridgehead atoms. The number of carbonyl (C=O) groups is 2. The van der Waals surface area contributed by atoms with Crippen molar-refractivity contribution in [1.82, 2.24) is 15.3 Å². The van der Waals surface area contributed by atoms with Crippen LogP contribution in [0.1, 0.15) is 20.8 Å². The summed E-state index contributed by atoms with van der Waals surface area (Å²) in [5.74, 6) is -0.305. The third kappa shape index (κ3) is 2.76. The lowest BCUT2D eigenvalue weighted by Gasteiger charge is -2.36. The van der Waals surface area contributed by atoms with E-state index in [1.165, 1.54) is 10.0 Å². The Hall–Kier alpha value is -1.52. The zero-order valence-corrected chi connectivity index (χ0v) is 9.13. The molecular formula is C9H17N3O2. The van der Waals surface area contributed by atoms with Gasteiger partial charge in [0, 0.05) is 12.7 Å². The van der Waals surface area contributed by atoms with Crippen molar-refractivity contribution in [2.75, 3.05) is 13.6 Å². The van der Waals surface area contributed by atoms with Crippen LogP contribution in [0.25, 0.3) is 0 Å². The van der Waals surface area contributed by atoms with E-state index in [-0.39, 0.29) is 12.5 Å². The molecule has 0 atom stereocenters. The van der Waals surface area contributed by atoms with Gasteiger partial charge in [0.05, 0.1) is 0 Å². The molecule has 1 aliphatic heterocycles. The maximum absolute atomic E-state index is 11.0. The van der Waals surface area contributed by atoms with Gasteiger partial charge in [0.25, 0.3) is 0 Å². The van der Waals surface area contributed by atoms with Crippen LogP contribution in [0, 0.1) is 0 Å². The molecule has 5 nitrogen and oxygen atoms in total. The van der Waals surface area contributed by atoms with Gasteiger partial charge in [-0.25, -0.2) is 9.80 Å². The Kier molecular flexibility index (Phi) is 4.69. The first-order valence-electron chi connectivity index (χ1n) is 4.53. The number of hydrazine groups is 1. The summed E-state index contributed by atoms with van der Waals surface area (Å²) < 4.78 is 0. The van der Waals surface area contributed by atoms with E-state index in [9.17, 15) is 9.59 Å². The predicted octanol–water partition coefficient (Wildman–Crippen LogP) is 0.945. The van der Waals surface area contributed by atoms with Crippen LogP contribution in [-0.4, -0.2) is 35.5 Å². The Labute approximate surface area is 84.3 Å². The second-order valence-corrected chi connectivity index (χ2v) is 2.67. The Bertz CT molecular complexity index is 250. The summed E-state index contributed by atoms with van der Waals surface area (Å²) in [5.41, 5.74) is 0.667. The monoisotopic (exact) mass is 199 g/mol. The molecule has 5 heteroatoms. The zero-order chi connectivity index (χ0) is 11.3. The molecule has 0 radical (unpaired) electrons. The summed E-state index contributed by atoms with van der Waals surface area (Å²) in [4.78, 5) is 21.9. The van der Waals surface area contributed by atoms with Crippen molar-refractivity contribution in [2.45, 2.75) is 20.8 Å². The van der Waals surface area contributed by atoms with Crippen LogP contribution in [0.5, 0.6) is 0 Å². The van der Waals surface area contributed by atoms with E-state index in [1.807, 2.05) is 13.8 Å². The molecule has 0 aromatic carbocycles. The van der Waals surface area contributed by atoms with Crippen molar-refractivity contribution >= 4 is 11.9 Å². The van der Waals surface area contributed by atoms with Gasteiger partial charge in [-0.1, -0.05) is 20.4 Å². The highest BCUT2D eigenvalue weighted by Gasteiger charge is 2.26. The minimum Gasteiger partial charge on any atom is -0.277 e. The average molecular weight is 199 g/mol. The van der Waals surface area contributed by atoms with Crippen molar-refractivity contribution in [1.29, 1.82) is 0 Å². The molecule has 0 aliphatic carbocycles.